The van der Waals surface area contributed by atoms with Crippen molar-refractivity contribution in [2.75, 3.05) is 0 Å². The van der Waals surface area contributed by atoms with Gasteiger partial charge in [-0.3, -0.25) is 4.79 Å². The summed E-state index contributed by atoms with van der Waals surface area (Å²) in [5.41, 5.74) is 2.45. The van der Waals surface area contributed by atoms with Gasteiger partial charge in [-0.1, -0.05) is 19.8 Å². The second-order valence-electron chi connectivity index (χ2n) is 3.27. The Hall–Kier alpha value is -1.58. The average molecular weight is 208 g/mol. The summed E-state index contributed by atoms with van der Waals surface area (Å²) < 4.78 is 5.01. The highest BCUT2D eigenvalue weighted by Gasteiger charge is 1.97. The van der Waals surface area contributed by atoms with Crippen molar-refractivity contribution in [3.63, 3.8) is 0 Å². The molecule has 0 atom stereocenters. The highest BCUT2D eigenvalue weighted by molar-refractivity contribution is 5.80. The standard InChI is InChI=1S/C11H16N2O2/c1-2-3-4-7-11(14)13-12-9-10-6-5-8-15-10/h5-6,8-9H,2-4,7H2,1H3,(H,13,14)/b12-9-. The monoisotopic (exact) mass is 208 g/mol. The fourth-order valence-corrected chi connectivity index (χ4v) is 1.12. The van der Waals surface area contributed by atoms with Crippen LogP contribution in [-0.2, 0) is 4.79 Å². The van der Waals surface area contributed by atoms with Gasteiger partial charge in [0.25, 0.3) is 0 Å². The number of hydrazone groups is 1. The van der Waals surface area contributed by atoms with Crippen molar-refractivity contribution in [2.45, 2.75) is 32.6 Å². The lowest BCUT2D eigenvalue weighted by molar-refractivity contribution is -0.121. The first-order valence-corrected chi connectivity index (χ1v) is 5.18. The molecule has 1 rings (SSSR count). The maximum atomic E-state index is 11.2. The molecule has 0 fully saturated rings. The van der Waals surface area contributed by atoms with Crippen LogP contribution in [0.5, 0.6) is 0 Å². The van der Waals surface area contributed by atoms with Crippen molar-refractivity contribution in [2.24, 2.45) is 5.10 Å². The molecule has 1 heterocycles. The number of nitrogens with one attached hydrogen (secondary N) is 1. The number of carbonyl (C=O) groups is 1. The van der Waals surface area contributed by atoms with Gasteiger partial charge in [0.1, 0.15) is 5.76 Å². The maximum Gasteiger partial charge on any atom is 0.240 e. The van der Waals surface area contributed by atoms with Gasteiger partial charge in [0.2, 0.25) is 5.91 Å². The highest BCUT2D eigenvalue weighted by Crippen LogP contribution is 1.98. The van der Waals surface area contributed by atoms with Crippen LogP contribution in [0.25, 0.3) is 0 Å². The molecule has 82 valence electrons. The van der Waals surface area contributed by atoms with Crippen LogP contribution in [0.3, 0.4) is 0 Å². The molecule has 0 spiro atoms. The first-order valence-electron chi connectivity index (χ1n) is 5.18. The second-order valence-corrected chi connectivity index (χ2v) is 3.27. The first-order chi connectivity index (χ1) is 7.33. The molecule has 0 aliphatic carbocycles. The molecule has 4 nitrogen and oxygen atoms in total. The molecule has 1 aromatic heterocycles. The maximum absolute atomic E-state index is 11.2. The molecular formula is C11H16N2O2. The summed E-state index contributed by atoms with van der Waals surface area (Å²) in [6.45, 7) is 2.10. The fourth-order valence-electron chi connectivity index (χ4n) is 1.12. The Balaban J connectivity index is 2.16. The largest absolute Gasteiger partial charge is 0.463 e. The molecule has 4 heteroatoms. The molecule has 0 aliphatic rings. The third-order valence-electron chi connectivity index (χ3n) is 1.93. The predicted octanol–water partition coefficient (Wildman–Crippen LogP) is 2.31. The molecule has 0 radical (unpaired) electrons. The minimum Gasteiger partial charge on any atom is -0.463 e. The predicted molar refractivity (Wildman–Crippen MR) is 58.6 cm³/mol. The lowest BCUT2D eigenvalue weighted by atomic mass is 10.2. The molecule has 0 saturated heterocycles. The van der Waals surface area contributed by atoms with Crippen molar-refractivity contribution in [1.82, 2.24) is 5.43 Å². The molecule has 1 aromatic rings. The van der Waals surface area contributed by atoms with E-state index < -0.39 is 0 Å². The zero-order valence-corrected chi connectivity index (χ0v) is 8.90. The zero-order chi connectivity index (χ0) is 10.9. The summed E-state index contributed by atoms with van der Waals surface area (Å²) in [7, 11) is 0. The third kappa shape index (κ3) is 5.00. The van der Waals surface area contributed by atoms with Crippen molar-refractivity contribution in [1.29, 1.82) is 0 Å². The van der Waals surface area contributed by atoms with E-state index in [2.05, 4.69) is 17.5 Å². The summed E-state index contributed by atoms with van der Waals surface area (Å²) >= 11 is 0. The Morgan fingerprint density at radius 2 is 2.47 bits per heavy atom. The highest BCUT2D eigenvalue weighted by atomic mass is 16.3. The van der Waals surface area contributed by atoms with E-state index in [0.717, 1.165) is 19.3 Å². The van der Waals surface area contributed by atoms with E-state index in [1.54, 1.807) is 18.4 Å². The molecule has 15 heavy (non-hydrogen) atoms. The van der Waals surface area contributed by atoms with Crippen LogP contribution < -0.4 is 5.43 Å². The number of unbranched alkanes of at least 4 members (excludes halogenated alkanes) is 2. The fraction of sp³-hybridized carbons (Fsp3) is 0.455. The summed E-state index contributed by atoms with van der Waals surface area (Å²) in [6, 6.07) is 3.54. The number of hydrogen-bond donors (Lipinski definition) is 1. The molecule has 1 amide bonds. The Bertz CT molecular complexity index is 304. The van der Waals surface area contributed by atoms with E-state index in [1.807, 2.05) is 0 Å². The van der Waals surface area contributed by atoms with Gasteiger partial charge in [-0.15, -0.1) is 0 Å². The van der Waals surface area contributed by atoms with Gasteiger partial charge in [0, 0.05) is 6.42 Å². The van der Waals surface area contributed by atoms with Gasteiger partial charge < -0.3 is 4.42 Å². The van der Waals surface area contributed by atoms with Crippen LogP contribution in [0.2, 0.25) is 0 Å². The van der Waals surface area contributed by atoms with E-state index in [0.29, 0.717) is 12.2 Å². The molecule has 0 bridgehead atoms. The van der Waals surface area contributed by atoms with Crippen molar-refractivity contribution < 1.29 is 9.21 Å². The number of hydrogen-bond acceptors (Lipinski definition) is 3. The Morgan fingerprint density at radius 1 is 1.60 bits per heavy atom. The topological polar surface area (TPSA) is 54.6 Å². The molecular weight excluding hydrogens is 192 g/mol. The molecule has 1 N–H and O–H groups in total. The summed E-state index contributed by atoms with van der Waals surface area (Å²) in [6.07, 6.45) is 6.68. The van der Waals surface area contributed by atoms with Crippen LogP contribution in [0.4, 0.5) is 0 Å². The van der Waals surface area contributed by atoms with Gasteiger partial charge in [0.15, 0.2) is 0 Å². The zero-order valence-electron chi connectivity index (χ0n) is 8.90. The van der Waals surface area contributed by atoms with E-state index in [4.69, 9.17) is 4.42 Å². The average Bonchev–Trinajstić information content (AvgIpc) is 2.71. The van der Waals surface area contributed by atoms with Crippen molar-refractivity contribution >= 4 is 12.1 Å². The normalized spacial score (nSPS) is 10.7. The van der Waals surface area contributed by atoms with Gasteiger partial charge in [0.05, 0.1) is 12.5 Å². The van der Waals surface area contributed by atoms with Crippen LogP contribution in [0, 0.1) is 0 Å². The number of amides is 1. The summed E-state index contributed by atoms with van der Waals surface area (Å²) in [4.78, 5) is 11.2. The van der Waals surface area contributed by atoms with Gasteiger partial charge >= 0.3 is 0 Å². The number of furan rings is 1. The van der Waals surface area contributed by atoms with E-state index in [-0.39, 0.29) is 5.91 Å². The number of rotatable bonds is 6. The van der Waals surface area contributed by atoms with Gasteiger partial charge in [-0.2, -0.15) is 5.10 Å². The minimum atomic E-state index is -0.0498. The first kappa shape index (κ1) is 11.5. The SMILES string of the molecule is CCCCCC(=O)N/N=C\c1ccco1. The Kier molecular flexibility index (Phi) is 5.22. The lowest BCUT2D eigenvalue weighted by Gasteiger charge is -1.97. The molecule has 0 saturated carbocycles. The molecule has 0 unspecified atom stereocenters. The van der Waals surface area contributed by atoms with Crippen molar-refractivity contribution in [3.8, 4) is 0 Å². The Labute approximate surface area is 89.4 Å². The summed E-state index contributed by atoms with van der Waals surface area (Å²) in [5.74, 6) is 0.579. The van der Waals surface area contributed by atoms with E-state index >= 15 is 0 Å². The summed E-state index contributed by atoms with van der Waals surface area (Å²) in [5, 5.41) is 3.77. The molecule has 0 aliphatic heterocycles. The third-order valence-corrected chi connectivity index (χ3v) is 1.93. The smallest absolute Gasteiger partial charge is 0.240 e. The Morgan fingerprint density at radius 3 is 3.13 bits per heavy atom. The van der Waals surface area contributed by atoms with Gasteiger partial charge in [-0.05, 0) is 18.6 Å². The number of nitrogens with zero attached hydrogens (tertiary/aromatic N) is 1. The van der Waals surface area contributed by atoms with Gasteiger partial charge in [-0.25, -0.2) is 5.43 Å². The quantitative estimate of drug-likeness (QED) is 0.443. The minimum absolute atomic E-state index is 0.0498. The van der Waals surface area contributed by atoms with Crippen LogP contribution in [0.1, 0.15) is 38.4 Å². The van der Waals surface area contributed by atoms with Crippen LogP contribution >= 0.6 is 0 Å². The van der Waals surface area contributed by atoms with E-state index in [9.17, 15) is 4.79 Å². The molecule has 0 aromatic carbocycles. The van der Waals surface area contributed by atoms with Crippen LogP contribution in [0.15, 0.2) is 27.9 Å². The lowest BCUT2D eigenvalue weighted by Crippen LogP contribution is -2.16. The van der Waals surface area contributed by atoms with Crippen molar-refractivity contribution in [3.05, 3.63) is 24.2 Å². The van der Waals surface area contributed by atoms with Crippen LogP contribution in [-0.4, -0.2) is 12.1 Å². The number of carbonyl (C=O) groups excluding carboxylic acids is 1. The van der Waals surface area contributed by atoms with E-state index in [1.165, 1.54) is 6.21 Å². The second kappa shape index (κ2) is 6.81.